The van der Waals surface area contributed by atoms with Crippen LogP contribution in [0.1, 0.15) is 50.1 Å². The number of benzene rings is 2. The van der Waals surface area contributed by atoms with E-state index in [-0.39, 0.29) is 16.9 Å². The largest absolute Gasteiger partial charge is 0.497 e. The number of thioether (sulfide) groups is 1. The zero-order chi connectivity index (χ0) is 28.8. The first-order chi connectivity index (χ1) is 19.0. The maximum atomic E-state index is 14.4. The highest BCUT2D eigenvalue weighted by Gasteiger charge is 2.33. The molecule has 2 aromatic heterocycles. The summed E-state index contributed by atoms with van der Waals surface area (Å²) in [7, 11) is 3.40. The Kier molecular flexibility index (Phi) is 7.86. The van der Waals surface area contributed by atoms with Gasteiger partial charge in [-0.2, -0.15) is 0 Å². The van der Waals surface area contributed by atoms with Crippen molar-refractivity contribution in [2.45, 2.75) is 64.3 Å². The van der Waals surface area contributed by atoms with Crippen molar-refractivity contribution in [3.8, 4) is 11.4 Å². The SMILES string of the molecule is COc1ccc(C)c(-n2c(S[C@@H](C)C(=O)N(C)c3ccccc3)nc3sc4c(c3c2=O)CC[C@H](C(C)(C)C)C4)c1. The number of hydrogen-bond acceptors (Lipinski definition) is 6. The van der Waals surface area contributed by atoms with Crippen molar-refractivity contribution in [2.75, 3.05) is 19.1 Å². The molecule has 0 saturated carbocycles. The highest BCUT2D eigenvalue weighted by atomic mass is 32.2. The molecule has 1 aliphatic carbocycles. The number of nitrogens with zero attached hydrogens (tertiary/aromatic N) is 3. The minimum atomic E-state index is -0.466. The van der Waals surface area contributed by atoms with Crippen molar-refractivity contribution in [1.82, 2.24) is 9.55 Å². The summed E-state index contributed by atoms with van der Waals surface area (Å²) < 4.78 is 7.21. The Hall–Kier alpha value is -3.10. The summed E-state index contributed by atoms with van der Waals surface area (Å²) in [6.07, 6.45) is 2.92. The molecule has 6 nitrogen and oxygen atoms in total. The second-order valence-corrected chi connectivity index (χ2v) is 14.1. The van der Waals surface area contributed by atoms with Gasteiger partial charge in [0.25, 0.3) is 5.56 Å². The lowest BCUT2D eigenvalue weighted by Crippen LogP contribution is -2.34. The molecule has 2 atom stereocenters. The number of aromatic nitrogens is 2. The van der Waals surface area contributed by atoms with Crippen LogP contribution in [0.2, 0.25) is 0 Å². The Labute approximate surface area is 244 Å². The standard InChI is InChI=1S/C32H37N3O3S2/c1-19-13-15-23(38-7)18-25(19)35-30(37)27-24-16-14-21(32(3,4)5)17-26(24)40-28(27)33-31(35)39-20(2)29(36)34(6)22-11-9-8-10-12-22/h8-13,15,18,20-21H,14,16-17H2,1-7H3/t20-,21-/m0/s1. The Morgan fingerprint density at radius 1 is 1.20 bits per heavy atom. The van der Waals surface area contributed by atoms with E-state index in [2.05, 4.69) is 20.8 Å². The number of methoxy groups -OCH3 is 1. The Morgan fingerprint density at radius 2 is 1.93 bits per heavy atom. The zero-order valence-corrected chi connectivity index (χ0v) is 25.9. The fourth-order valence-electron chi connectivity index (χ4n) is 5.45. The van der Waals surface area contributed by atoms with E-state index < -0.39 is 5.25 Å². The lowest BCUT2D eigenvalue weighted by Gasteiger charge is -2.33. The molecule has 40 heavy (non-hydrogen) atoms. The molecule has 4 aromatic rings. The van der Waals surface area contributed by atoms with Gasteiger partial charge in [0.15, 0.2) is 5.16 Å². The van der Waals surface area contributed by atoms with Crippen molar-refractivity contribution in [2.24, 2.45) is 11.3 Å². The summed E-state index contributed by atoms with van der Waals surface area (Å²) in [6, 6.07) is 15.3. The summed E-state index contributed by atoms with van der Waals surface area (Å²) in [5.41, 5.74) is 3.76. The summed E-state index contributed by atoms with van der Waals surface area (Å²) >= 11 is 2.97. The second kappa shape index (κ2) is 11.1. The zero-order valence-electron chi connectivity index (χ0n) is 24.3. The maximum Gasteiger partial charge on any atom is 0.267 e. The van der Waals surface area contributed by atoms with Crippen molar-refractivity contribution in [3.63, 3.8) is 0 Å². The molecule has 5 rings (SSSR count). The van der Waals surface area contributed by atoms with Crippen molar-refractivity contribution in [3.05, 3.63) is 74.9 Å². The molecule has 1 aliphatic rings. The lowest BCUT2D eigenvalue weighted by molar-refractivity contribution is -0.117. The van der Waals surface area contributed by atoms with Gasteiger partial charge < -0.3 is 9.64 Å². The number of hydrogen-bond donors (Lipinski definition) is 0. The topological polar surface area (TPSA) is 64.4 Å². The Morgan fingerprint density at radius 3 is 2.60 bits per heavy atom. The van der Waals surface area contributed by atoms with E-state index in [0.29, 0.717) is 16.8 Å². The molecule has 0 N–H and O–H groups in total. The summed E-state index contributed by atoms with van der Waals surface area (Å²) in [5, 5.41) is 0.771. The van der Waals surface area contributed by atoms with E-state index in [9.17, 15) is 9.59 Å². The van der Waals surface area contributed by atoms with Gasteiger partial charge in [-0.25, -0.2) is 4.98 Å². The van der Waals surface area contributed by atoms with Crippen LogP contribution in [-0.4, -0.2) is 34.9 Å². The molecule has 0 spiro atoms. The van der Waals surface area contributed by atoms with Gasteiger partial charge in [-0.05, 0) is 73.8 Å². The molecule has 2 heterocycles. The molecule has 210 valence electrons. The fourth-order valence-corrected chi connectivity index (χ4v) is 7.81. The van der Waals surface area contributed by atoms with E-state index >= 15 is 0 Å². The van der Waals surface area contributed by atoms with E-state index in [0.717, 1.165) is 52.0 Å². The first kappa shape index (κ1) is 28.4. The average Bonchev–Trinajstić information content (AvgIpc) is 3.31. The van der Waals surface area contributed by atoms with Crippen LogP contribution in [0.4, 0.5) is 5.69 Å². The number of carbonyl (C=O) groups excluding carboxylic acids is 1. The maximum absolute atomic E-state index is 14.4. The van der Waals surface area contributed by atoms with Crippen LogP contribution in [0.15, 0.2) is 58.5 Å². The van der Waals surface area contributed by atoms with Gasteiger partial charge in [0.05, 0.1) is 23.4 Å². The molecular formula is C32H37N3O3S2. The normalized spacial score (nSPS) is 16.0. The second-order valence-electron chi connectivity index (χ2n) is 11.7. The predicted molar refractivity (Wildman–Crippen MR) is 167 cm³/mol. The van der Waals surface area contributed by atoms with Crippen LogP contribution in [0.5, 0.6) is 5.75 Å². The minimum Gasteiger partial charge on any atom is -0.497 e. The highest BCUT2D eigenvalue weighted by Crippen LogP contribution is 2.43. The number of carbonyl (C=O) groups is 1. The fraction of sp³-hybridized carbons (Fsp3) is 0.406. The number of aryl methyl sites for hydroxylation is 2. The highest BCUT2D eigenvalue weighted by molar-refractivity contribution is 8.00. The van der Waals surface area contributed by atoms with Gasteiger partial charge >= 0.3 is 0 Å². The number of thiophene rings is 1. The van der Waals surface area contributed by atoms with Gasteiger partial charge in [0.1, 0.15) is 10.6 Å². The van der Waals surface area contributed by atoms with E-state index in [1.54, 1.807) is 35.0 Å². The van der Waals surface area contributed by atoms with Crippen LogP contribution >= 0.6 is 23.1 Å². The number of amides is 1. The Bertz CT molecular complexity index is 1620. The van der Waals surface area contributed by atoms with Crippen molar-refractivity contribution < 1.29 is 9.53 Å². The molecule has 0 saturated heterocycles. The van der Waals surface area contributed by atoms with Crippen molar-refractivity contribution in [1.29, 1.82) is 0 Å². The molecular weight excluding hydrogens is 539 g/mol. The monoisotopic (exact) mass is 575 g/mol. The lowest BCUT2D eigenvalue weighted by atomic mass is 9.72. The molecule has 0 unspecified atom stereocenters. The van der Waals surface area contributed by atoms with Gasteiger partial charge in [-0.1, -0.05) is 56.8 Å². The van der Waals surface area contributed by atoms with Crippen molar-refractivity contribution >= 4 is 44.9 Å². The minimum absolute atomic E-state index is 0.0575. The number of rotatable bonds is 6. The third kappa shape index (κ3) is 5.31. The van der Waals surface area contributed by atoms with E-state index in [1.165, 1.54) is 16.6 Å². The summed E-state index contributed by atoms with van der Waals surface area (Å²) in [5.74, 6) is 1.17. The summed E-state index contributed by atoms with van der Waals surface area (Å²) in [6.45, 7) is 10.7. The summed E-state index contributed by atoms with van der Waals surface area (Å²) in [4.78, 5) is 36.7. The average molecular weight is 576 g/mol. The predicted octanol–water partition coefficient (Wildman–Crippen LogP) is 7.06. The number of fused-ring (bicyclic) bond motifs is 3. The number of ether oxygens (including phenoxy) is 1. The van der Waals surface area contributed by atoms with Gasteiger partial charge in [0.2, 0.25) is 5.91 Å². The molecule has 0 bridgehead atoms. The van der Waals surface area contributed by atoms with Gasteiger partial charge in [-0.3, -0.25) is 14.2 Å². The smallest absolute Gasteiger partial charge is 0.267 e. The van der Waals surface area contributed by atoms with E-state index in [1.807, 2.05) is 62.4 Å². The van der Waals surface area contributed by atoms with Crippen LogP contribution in [0.3, 0.4) is 0 Å². The molecule has 0 aliphatic heterocycles. The third-order valence-electron chi connectivity index (χ3n) is 8.04. The quantitative estimate of drug-likeness (QED) is 0.182. The molecule has 1 amide bonds. The molecule has 0 radical (unpaired) electrons. The molecule has 2 aromatic carbocycles. The number of para-hydroxylation sites is 1. The molecule has 8 heteroatoms. The van der Waals surface area contributed by atoms with Crippen LogP contribution in [0.25, 0.3) is 15.9 Å². The van der Waals surface area contributed by atoms with Gasteiger partial charge in [0, 0.05) is 23.7 Å². The molecule has 0 fully saturated rings. The van der Waals surface area contributed by atoms with Crippen LogP contribution < -0.4 is 15.2 Å². The first-order valence-electron chi connectivity index (χ1n) is 13.7. The first-order valence-corrected chi connectivity index (χ1v) is 15.4. The van der Waals surface area contributed by atoms with Crippen LogP contribution in [-0.2, 0) is 17.6 Å². The van der Waals surface area contributed by atoms with E-state index in [4.69, 9.17) is 9.72 Å². The number of anilines is 1. The third-order valence-corrected chi connectivity index (χ3v) is 10.2. The van der Waals surface area contributed by atoms with Gasteiger partial charge in [-0.15, -0.1) is 11.3 Å². The van der Waals surface area contributed by atoms with Crippen LogP contribution in [0, 0.1) is 18.3 Å². The Balaban J connectivity index is 1.63.